The SMILES string of the molecule is CO/N=C/c1cc(C(F)(F)F)cc(Cl)c1Br. The van der Waals surface area contributed by atoms with Gasteiger partial charge < -0.3 is 4.84 Å². The Labute approximate surface area is 103 Å². The van der Waals surface area contributed by atoms with Gasteiger partial charge in [-0.15, -0.1) is 0 Å². The maximum absolute atomic E-state index is 12.5. The van der Waals surface area contributed by atoms with Crippen molar-refractivity contribution in [3.8, 4) is 0 Å². The smallest absolute Gasteiger partial charge is 0.399 e. The molecule has 1 aromatic carbocycles. The molecule has 2 nitrogen and oxygen atoms in total. The molecular weight excluding hydrogens is 310 g/mol. The fraction of sp³-hybridized carbons (Fsp3) is 0.222. The van der Waals surface area contributed by atoms with Crippen molar-refractivity contribution < 1.29 is 18.0 Å². The van der Waals surface area contributed by atoms with Crippen LogP contribution in [0.25, 0.3) is 0 Å². The number of hydrogen-bond acceptors (Lipinski definition) is 2. The number of oxime groups is 1. The standard InChI is InChI=1S/C9H6BrClF3NO/c1-16-15-4-5-2-6(9(12,13)14)3-7(11)8(5)10/h2-4H,1H3/b15-4+. The lowest BCUT2D eigenvalue weighted by atomic mass is 10.1. The van der Waals surface area contributed by atoms with Crippen LogP contribution in [0, 0.1) is 0 Å². The Kier molecular flexibility index (Phi) is 4.21. The molecule has 0 spiro atoms. The molecule has 0 N–H and O–H groups in total. The number of halogens is 5. The van der Waals surface area contributed by atoms with E-state index >= 15 is 0 Å². The summed E-state index contributed by atoms with van der Waals surface area (Å²) in [6.45, 7) is 0. The minimum atomic E-state index is -4.44. The third kappa shape index (κ3) is 3.12. The monoisotopic (exact) mass is 315 g/mol. The molecule has 16 heavy (non-hydrogen) atoms. The summed E-state index contributed by atoms with van der Waals surface area (Å²) in [4.78, 5) is 4.39. The highest BCUT2D eigenvalue weighted by Crippen LogP contribution is 2.35. The quantitative estimate of drug-likeness (QED) is 0.594. The second kappa shape index (κ2) is 5.05. The Hall–Kier alpha value is -0.750. The van der Waals surface area contributed by atoms with E-state index in [1.165, 1.54) is 7.11 Å². The van der Waals surface area contributed by atoms with Gasteiger partial charge in [-0.25, -0.2) is 0 Å². The van der Waals surface area contributed by atoms with E-state index in [-0.39, 0.29) is 10.6 Å². The molecule has 1 rings (SSSR count). The van der Waals surface area contributed by atoms with Crippen LogP contribution in [-0.4, -0.2) is 13.3 Å². The summed E-state index contributed by atoms with van der Waals surface area (Å²) >= 11 is 8.72. The minimum absolute atomic E-state index is 0.0348. The first-order valence-corrected chi connectivity index (χ1v) is 5.16. The Morgan fingerprint density at radius 1 is 1.44 bits per heavy atom. The van der Waals surface area contributed by atoms with Gasteiger partial charge in [0.15, 0.2) is 0 Å². The number of rotatable bonds is 2. The van der Waals surface area contributed by atoms with E-state index in [9.17, 15) is 13.2 Å². The molecule has 0 unspecified atom stereocenters. The Balaban J connectivity index is 3.28. The lowest BCUT2D eigenvalue weighted by Crippen LogP contribution is -2.06. The molecule has 0 saturated carbocycles. The van der Waals surface area contributed by atoms with Gasteiger partial charge in [0.25, 0.3) is 0 Å². The van der Waals surface area contributed by atoms with Crippen molar-refractivity contribution in [1.29, 1.82) is 0 Å². The number of nitrogens with zero attached hydrogens (tertiary/aromatic N) is 1. The first-order valence-electron chi connectivity index (χ1n) is 3.99. The lowest BCUT2D eigenvalue weighted by molar-refractivity contribution is -0.137. The number of alkyl halides is 3. The molecule has 0 heterocycles. The predicted molar refractivity (Wildman–Crippen MR) is 58.8 cm³/mol. The average Bonchev–Trinajstić information content (AvgIpc) is 2.18. The van der Waals surface area contributed by atoms with Crippen LogP contribution in [0.5, 0.6) is 0 Å². The Morgan fingerprint density at radius 2 is 2.06 bits per heavy atom. The van der Waals surface area contributed by atoms with E-state index < -0.39 is 11.7 Å². The van der Waals surface area contributed by atoms with Crippen LogP contribution in [0.2, 0.25) is 5.02 Å². The van der Waals surface area contributed by atoms with E-state index in [1.54, 1.807) is 0 Å². The summed E-state index contributed by atoms with van der Waals surface area (Å²) in [7, 11) is 1.29. The van der Waals surface area contributed by atoms with Crippen molar-refractivity contribution in [3.63, 3.8) is 0 Å². The number of hydrogen-bond donors (Lipinski definition) is 0. The molecular formula is C9H6BrClF3NO. The molecule has 0 aliphatic heterocycles. The zero-order chi connectivity index (χ0) is 12.3. The topological polar surface area (TPSA) is 21.6 Å². The molecule has 7 heteroatoms. The van der Waals surface area contributed by atoms with Crippen molar-refractivity contribution in [2.24, 2.45) is 5.16 Å². The fourth-order valence-corrected chi connectivity index (χ4v) is 1.54. The highest BCUT2D eigenvalue weighted by atomic mass is 79.9. The molecule has 0 bridgehead atoms. The molecule has 0 aliphatic carbocycles. The Morgan fingerprint density at radius 3 is 2.56 bits per heavy atom. The van der Waals surface area contributed by atoms with Gasteiger partial charge in [-0.1, -0.05) is 16.8 Å². The van der Waals surface area contributed by atoms with Crippen molar-refractivity contribution in [2.45, 2.75) is 6.18 Å². The predicted octanol–water partition coefficient (Wildman–Crippen LogP) is 4.10. The van der Waals surface area contributed by atoms with Gasteiger partial charge in [-0.05, 0) is 28.1 Å². The zero-order valence-corrected chi connectivity index (χ0v) is 10.3. The largest absolute Gasteiger partial charge is 0.416 e. The normalized spacial score (nSPS) is 12.1. The zero-order valence-electron chi connectivity index (χ0n) is 7.98. The molecule has 0 fully saturated rings. The van der Waals surface area contributed by atoms with Crippen LogP contribution in [0.1, 0.15) is 11.1 Å². The molecule has 0 aromatic heterocycles. The van der Waals surface area contributed by atoms with Gasteiger partial charge in [0, 0.05) is 10.0 Å². The van der Waals surface area contributed by atoms with E-state index in [0.717, 1.165) is 18.3 Å². The highest BCUT2D eigenvalue weighted by Gasteiger charge is 2.31. The van der Waals surface area contributed by atoms with Crippen LogP contribution in [0.15, 0.2) is 21.8 Å². The van der Waals surface area contributed by atoms with Crippen LogP contribution < -0.4 is 0 Å². The lowest BCUT2D eigenvalue weighted by Gasteiger charge is -2.09. The molecule has 0 radical (unpaired) electrons. The Bertz CT molecular complexity index is 420. The van der Waals surface area contributed by atoms with Crippen LogP contribution in [0.3, 0.4) is 0 Å². The van der Waals surface area contributed by atoms with Gasteiger partial charge in [0.2, 0.25) is 0 Å². The van der Waals surface area contributed by atoms with Crippen molar-refractivity contribution in [3.05, 3.63) is 32.8 Å². The summed E-state index contributed by atoms with van der Waals surface area (Å²) in [6, 6.07) is 1.77. The second-order valence-electron chi connectivity index (χ2n) is 2.78. The molecule has 0 saturated heterocycles. The molecule has 0 amide bonds. The summed E-state index contributed by atoms with van der Waals surface area (Å²) in [5, 5.41) is 3.35. The minimum Gasteiger partial charge on any atom is -0.399 e. The fourth-order valence-electron chi connectivity index (χ4n) is 0.977. The second-order valence-corrected chi connectivity index (χ2v) is 3.98. The van der Waals surface area contributed by atoms with Gasteiger partial charge in [0.05, 0.1) is 16.8 Å². The van der Waals surface area contributed by atoms with E-state index in [2.05, 4.69) is 25.9 Å². The maximum Gasteiger partial charge on any atom is 0.416 e. The van der Waals surface area contributed by atoms with Gasteiger partial charge in [-0.2, -0.15) is 13.2 Å². The van der Waals surface area contributed by atoms with E-state index in [1.807, 2.05) is 0 Å². The van der Waals surface area contributed by atoms with Crippen LogP contribution in [0.4, 0.5) is 13.2 Å². The van der Waals surface area contributed by atoms with Gasteiger partial charge in [0.1, 0.15) is 7.11 Å². The third-order valence-electron chi connectivity index (χ3n) is 1.68. The van der Waals surface area contributed by atoms with Crippen LogP contribution >= 0.6 is 27.5 Å². The molecule has 0 atom stereocenters. The summed E-state index contributed by atoms with van der Waals surface area (Å²) in [5.74, 6) is 0. The molecule has 88 valence electrons. The summed E-state index contributed by atoms with van der Waals surface area (Å²) in [6.07, 6.45) is -3.30. The van der Waals surface area contributed by atoms with Crippen molar-refractivity contribution in [2.75, 3.05) is 7.11 Å². The first-order chi connectivity index (χ1) is 7.36. The number of benzene rings is 1. The van der Waals surface area contributed by atoms with E-state index in [4.69, 9.17) is 11.6 Å². The molecule has 0 aliphatic rings. The van der Waals surface area contributed by atoms with E-state index in [0.29, 0.717) is 4.47 Å². The molecule has 1 aromatic rings. The average molecular weight is 317 g/mol. The van der Waals surface area contributed by atoms with Crippen LogP contribution in [-0.2, 0) is 11.0 Å². The van der Waals surface area contributed by atoms with Gasteiger partial charge >= 0.3 is 6.18 Å². The summed E-state index contributed by atoms with van der Waals surface area (Å²) in [5.41, 5.74) is -0.639. The van der Waals surface area contributed by atoms with Crippen molar-refractivity contribution in [1.82, 2.24) is 0 Å². The van der Waals surface area contributed by atoms with Crippen molar-refractivity contribution >= 4 is 33.7 Å². The maximum atomic E-state index is 12.5. The summed E-state index contributed by atoms with van der Waals surface area (Å²) < 4.78 is 37.7. The highest BCUT2D eigenvalue weighted by molar-refractivity contribution is 9.10. The first kappa shape index (κ1) is 13.3. The van der Waals surface area contributed by atoms with Gasteiger partial charge in [-0.3, -0.25) is 0 Å². The third-order valence-corrected chi connectivity index (χ3v) is 3.09.